The summed E-state index contributed by atoms with van der Waals surface area (Å²) >= 11 is 0. The van der Waals surface area contributed by atoms with Crippen LogP contribution in [0.25, 0.3) is 0 Å². The first-order valence-electron chi connectivity index (χ1n) is 14.3. The summed E-state index contributed by atoms with van der Waals surface area (Å²) < 4.78 is 34.5. The van der Waals surface area contributed by atoms with Crippen molar-refractivity contribution in [2.24, 2.45) is 5.92 Å². The van der Waals surface area contributed by atoms with Gasteiger partial charge in [0, 0.05) is 50.1 Å². The first kappa shape index (κ1) is 29.3. The number of carbonyl (C=O) groups is 1. The van der Waals surface area contributed by atoms with Gasteiger partial charge in [0.05, 0.1) is 23.9 Å². The number of pyridine rings is 1. The van der Waals surface area contributed by atoms with E-state index >= 15 is 0 Å². The lowest BCUT2D eigenvalue weighted by Crippen LogP contribution is -2.46. The Bertz CT molecular complexity index is 1380. The number of nitrogens with zero attached hydrogens (tertiary/aromatic N) is 3. The van der Waals surface area contributed by atoms with Crippen molar-refractivity contribution >= 4 is 5.91 Å². The van der Waals surface area contributed by atoms with Crippen molar-refractivity contribution in [3.8, 4) is 0 Å². The maximum atomic E-state index is 14.4. The molecule has 8 heteroatoms. The minimum Gasteiger partial charge on any atom is -0.389 e. The third-order valence-corrected chi connectivity index (χ3v) is 8.18. The number of rotatable bonds is 8. The molecular weight excluding hydrogens is 524 g/mol. The van der Waals surface area contributed by atoms with E-state index < -0.39 is 23.3 Å². The first-order valence-corrected chi connectivity index (χ1v) is 14.3. The van der Waals surface area contributed by atoms with Gasteiger partial charge in [-0.25, -0.2) is 8.78 Å². The molecule has 3 heterocycles. The molecule has 1 fully saturated rings. The second kappa shape index (κ2) is 11.6. The van der Waals surface area contributed by atoms with E-state index in [0.29, 0.717) is 12.2 Å². The molecule has 5 rings (SSSR count). The molecule has 1 spiro atoms. The summed E-state index contributed by atoms with van der Waals surface area (Å²) in [5.41, 5.74) is 3.35. The SMILES string of the molecule is CC(C)C(=O)N(CC(C)(C)O)C(c1ccc(CN2CCC3(CC2)OCc2ccncc23)cc1)c1ccc(F)c(F)c1. The second-order valence-electron chi connectivity index (χ2n) is 12.3. The minimum atomic E-state index is -1.19. The Morgan fingerprint density at radius 1 is 1.07 bits per heavy atom. The van der Waals surface area contributed by atoms with Gasteiger partial charge < -0.3 is 14.7 Å². The lowest BCUT2D eigenvalue weighted by atomic mass is 9.84. The van der Waals surface area contributed by atoms with Gasteiger partial charge in [-0.15, -0.1) is 0 Å². The van der Waals surface area contributed by atoms with Crippen molar-refractivity contribution in [1.82, 2.24) is 14.8 Å². The molecule has 2 aromatic carbocycles. The molecular formula is C33H39F2N3O3. The van der Waals surface area contributed by atoms with Gasteiger partial charge >= 0.3 is 0 Å². The normalized spacial score (nSPS) is 17.6. The molecule has 1 amide bonds. The summed E-state index contributed by atoms with van der Waals surface area (Å²) in [6, 6.07) is 13.0. The van der Waals surface area contributed by atoms with E-state index in [2.05, 4.69) is 9.88 Å². The van der Waals surface area contributed by atoms with E-state index in [0.717, 1.165) is 55.7 Å². The maximum absolute atomic E-state index is 14.4. The molecule has 41 heavy (non-hydrogen) atoms. The van der Waals surface area contributed by atoms with E-state index in [4.69, 9.17) is 4.74 Å². The van der Waals surface area contributed by atoms with Crippen LogP contribution in [0.3, 0.4) is 0 Å². The standard InChI is InChI=1S/C33H39F2N3O3/c1-22(2)31(39)38(21-32(3,4)40)30(25-9-10-28(34)29(35)17-25)24-7-5-23(6-8-24)19-37-15-12-33(13-16-37)27-18-36-14-11-26(27)20-41-33/h5-11,14,17-18,22,30,40H,12-13,15-16,19-21H2,1-4H3. The van der Waals surface area contributed by atoms with Gasteiger partial charge in [-0.05, 0) is 67.1 Å². The fourth-order valence-corrected chi connectivity index (χ4v) is 6.08. The molecule has 6 nitrogen and oxygen atoms in total. The number of halogens is 2. The Morgan fingerprint density at radius 3 is 2.39 bits per heavy atom. The van der Waals surface area contributed by atoms with Gasteiger partial charge in [-0.1, -0.05) is 44.2 Å². The Labute approximate surface area is 241 Å². The van der Waals surface area contributed by atoms with Crippen molar-refractivity contribution < 1.29 is 23.4 Å². The summed E-state index contributed by atoms with van der Waals surface area (Å²) in [7, 11) is 0. The average molecular weight is 564 g/mol. The summed E-state index contributed by atoms with van der Waals surface area (Å²) in [6.07, 6.45) is 5.58. The summed E-state index contributed by atoms with van der Waals surface area (Å²) in [4.78, 5) is 21.7. The molecule has 218 valence electrons. The summed E-state index contributed by atoms with van der Waals surface area (Å²) in [5, 5.41) is 10.7. The van der Waals surface area contributed by atoms with Crippen molar-refractivity contribution in [1.29, 1.82) is 0 Å². The number of carbonyl (C=O) groups excluding carboxylic acids is 1. The third-order valence-electron chi connectivity index (χ3n) is 8.18. The molecule has 1 saturated heterocycles. The van der Waals surface area contributed by atoms with Gasteiger partial charge in [0.25, 0.3) is 0 Å². The van der Waals surface area contributed by atoms with Gasteiger partial charge in [-0.2, -0.15) is 0 Å². The van der Waals surface area contributed by atoms with Crippen molar-refractivity contribution in [2.75, 3.05) is 19.6 Å². The van der Waals surface area contributed by atoms with Crippen LogP contribution in [0.1, 0.15) is 74.4 Å². The topological polar surface area (TPSA) is 65.9 Å². The van der Waals surface area contributed by atoms with Crippen LogP contribution in [0.2, 0.25) is 0 Å². The van der Waals surface area contributed by atoms with E-state index in [1.54, 1.807) is 32.6 Å². The number of ether oxygens (including phenoxy) is 1. The van der Waals surface area contributed by atoms with Crippen molar-refractivity contribution in [2.45, 2.75) is 70.9 Å². The van der Waals surface area contributed by atoms with Crippen LogP contribution < -0.4 is 0 Å². The molecule has 0 aliphatic carbocycles. The minimum absolute atomic E-state index is 0.0334. The molecule has 0 radical (unpaired) electrons. The predicted molar refractivity (Wildman–Crippen MR) is 153 cm³/mol. The Balaban J connectivity index is 1.36. The molecule has 1 unspecified atom stereocenters. The quantitative estimate of drug-likeness (QED) is 0.380. The fraction of sp³-hybridized carbons (Fsp3) is 0.455. The number of piperidine rings is 1. The van der Waals surface area contributed by atoms with Crippen LogP contribution in [0.5, 0.6) is 0 Å². The Hall–Kier alpha value is -3.20. The number of amides is 1. The highest BCUT2D eigenvalue weighted by atomic mass is 19.2. The van der Waals surface area contributed by atoms with E-state index in [-0.39, 0.29) is 24.0 Å². The highest BCUT2D eigenvalue weighted by Crippen LogP contribution is 2.44. The number of hydrogen-bond donors (Lipinski definition) is 1. The van der Waals surface area contributed by atoms with Crippen LogP contribution in [0.4, 0.5) is 8.78 Å². The molecule has 1 N–H and O–H groups in total. The molecule has 1 atom stereocenters. The zero-order valence-corrected chi connectivity index (χ0v) is 24.2. The van der Waals surface area contributed by atoms with Crippen molar-refractivity contribution in [3.63, 3.8) is 0 Å². The van der Waals surface area contributed by atoms with Gasteiger partial charge in [0.15, 0.2) is 11.6 Å². The van der Waals surface area contributed by atoms with Gasteiger partial charge in [0.1, 0.15) is 0 Å². The Kier molecular flexibility index (Phi) is 8.28. The first-order chi connectivity index (χ1) is 19.5. The van der Waals surface area contributed by atoms with Gasteiger partial charge in [0.2, 0.25) is 5.91 Å². The lowest BCUT2D eigenvalue weighted by molar-refractivity contribution is -0.139. The van der Waals surface area contributed by atoms with Crippen LogP contribution in [-0.2, 0) is 28.3 Å². The molecule has 2 aliphatic rings. The zero-order chi connectivity index (χ0) is 29.4. The van der Waals surface area contributed by atoms with E-state index in [1.165, 1.54) is 17.2 Å². The highest BCUT2D eigenvalue weighted by Gasteiger charge is 2.42. The number of likely N-dealkylation sites (tertiary alicyclic amines) is 1. The van der Waals surface area contributed by atoms with Crippen molar-refractivity contribution in [3.05, 3.63) is 100 Å². The highest BCUT2D eigenvalue weighted by molar-refractivity contribution is 5.79. The van der Waals surface area contributed by atoms with Crippen LogP contribution in [0, 0.1) is 17.6 Å². The molecule has 3 aromatic rings. The summed E-state index contributed by atoms with van der Waals surface area (Å²) in [5.74, 6) is -2.45. The average Bonchev–Trinajstić information content (AvgIpc) is 3.29. The maximum Gasteiger partial charge on any atom is 0.226 e. The molecule has 1 aromatic heterocycles. The van der Waals surface area contributed by atoms with Crippen LogP contribution >= 0.6 is 0 Å². The van der Waals surface area contributed by atoms with Crippen LogP contribution in [0.15, 0.2) is 60.9 Å². The number of aliphatic hydroxyl groups is 1. The predicted octanol–water partition coefficient (Wildman–Crippen LogP) is 5.73. The monoisotopic (exact) mass is 563 g/mol. The van der Waals surface area contributed by atoms with E-state index in [9.17, 15) is 18.7 Å². The van der Waals surface area contributed by atoms with Gasteiger partial charge in [-0.3, -0.25) is 14.7 Å². The number of hydrogen-bond acceptors (Lipinski definition) is 5. The number of aromatic nitrogens is 1. The third kappa shape index (κ3) is 6.35. The largest absolute Gasteiger partial charge is 0.389 e. The van der Waals surface area contributed by atoms with Crippen LogP contribution in [-0.4, -0.2) is 51.0 Å². The molecule has 0 saturated carbocycles. The molecule has 2 aliphatic heterocycles. The molecule has 0 bridgehead atoms. The second-order valence-corrected chi connectivity index (χ2v) is 12.3. The summed E-state index contributed by atoms with van der Waals surface area (Å²) in [6.45, 7) is 10.1. The smallest absolute Gasteiger partial charge is 0.226 e. The lowest BCUT2D eigenvalue weighted by Gasteiger charge is -2.39. The zero-order valence-electron chi connectivity index (χ0n) is 24.2. The Morgan fingerprint density at radius 2 is 1.76 bits per heavy atom. The number of benzene rings is 2. The number of fused-ring (bicyclic) bond motifs is 2. The van der Waals surface area contributed by atoms with E-state index in [1.807, 2.05) is 42.7 Å². The fourth-order valence-electron chi connectivity index (χ4n) is 6.08.